The SMILES string of the molecule is CN1CCN(C)C(CNC(CC#N)c2ccccc2)C1. The molecule has 1 aromatic rings. The molecule has 2 atom stereocenters. The van der Waals surface area contributed by atoms with Crippen LogP contribution in [-0.2, 0) is 0 Å². The second-order valence-corrected chi connectivity index (χ2v) is 5.63. The second kappa shape index (κ2) is 7.39. The van der Waals surface area contributed by atoms with Crippen molar-refractivity contribution < 1.29 is 0 Å². The first-order valence-electron chi connectivity index (χ1n) is 7.24. The molecule has 108 valence electrons. The van der Waals surface area contributed by atoms with E-state index in [1.54, 1.807) is 0 Å². The summed E-state index contributed by atoms with van der Waals surface area (Å²) in [7, 11) is 4.35. The van der Waals surface area contributed by atoms with E-state index in [9.17, 15) is 0 Å². The monoisotopic (exact) mass is 272 g/mol. The molecule has 1 fully saturated rings. The lowest BCUT2D eigenvalue weighted by Crippen LogP contribution is -2.54. The molecule has 1 saturated heterocycles. The topological polar surface area (TPSA) is 42.3 Å². The van der Waals surface area contributed by atoms with Gasteiger partial charge in [0, 0.05) is 38.3 Å². The fraction of sp³-hybridized carbons (Fsp3) is 0.562. The minimum atomic E-state index is 0.127. The van der Waals surface area contributed by atoms with E-state index in [4.69, 9.17) is 5.26 Å². The van der Waals surface area contributed by atoms with Gasteiger partial charge in [-0.15, -0.1) is 0 Å². The molecule has 0 amide bonds. The molecule has 0 spiro atoms. The zero-order valence-electron chi connectivity index (χ0n) is 12.4. The molecule has 0 radical (unpaired) electrons. The number of nitriles is 1. The van der Waals surface area contributed by atoms with Gasteiger partial charge in [0.15, 0.2) is 0 Å². The summed E-state index contributed by atoms with van der Waals surface area (Å²) in [6.45, 7) is 4.24. The van der Waals surface area contributed by atoms with Crippen molar-refractivity contribution in [2.45, 2.75) is 18.5 Å². The van der Waals surface area contributed by atoms with Gasteiger partial charge >= 0.3 is 0 Å². The summed E-state index contributed by atoms with van der Waals surface area (Å²) in [6, 6.07) is 13.2. The summed E-state index contributed by atoms with van der Waals surface area (Å²) < 4.78 is 0. The Bertz CT molecular complexity index is 440. The maximum Gasteiger partial charge on any atom is 0.0641 e. The average molecular weight is 272 g/mol. The first kappa shape index (κ1) is 15.0. The van der Waals surface area contributed by atoms with Gasteiger partial charge in [0.2, 0.25) is 0 Å². The largest absolute Gasteiger partial charge is 0.307 e. The van der Waals surface area contributed by atoms with Gasteiger partial charge in [-0.1, -0.05) is 30.3 Å². The highest BCUT2D eigenvalue weighted by Gasteiger charge is 2.23. The zero-order chi connectivity index (χ0) is 14.4. The second-order valence-electron chi connectivity index (χ2n) is 5.63. The Labute approximate surface area is 122 Å². The summed E-state index contributed by atoms with van der Waals surface area (Å²) in [5.41, 5.74) is 1.20. The van der Waals surface area contributed by atoms with Crippen LogP contribution in [0, 0.1) is 11.3 Å². The molecular weight excluding hydrogens is 248 g/mol. The summed E-state index contributed by atoms with van der Waals surface area (Å²) in [6.07, 6.45) is 0.510. The van der Waals surface area contributed by atoms with Crippen LogP contribution in [0.25, 0.3) is 0 Å². The third-order valence-electron chi connectivity index (χ3n) is 4.08. The number of hydrogen-bond donors (Lipinski definition) is 1. The number of nitrogens with zero attached hydrogens (tertiary/aromatic N) is 3. The number of hydrogen-bond acceptors (Lipinski definition) is 4. The summed E-state index contributed by atoms with van der Waals surface area (Å²) >= 11 is 0. The Balaban J connectivity index is 1.94. The van der Waals surface area contributed by atoms with E-state index < -0.39 is 0 Å². The van der Waals surface area contributed by atoms with Crippen molar-refractivity contribution in [2.75, 3.05) is 40.3 Å². The molecule has 1 heterocycles. The maximum absolute atomic E-state index is 9.02. The maximum atomic E-state index is 9.02. The molecule has 20 heavy (non-hydrogen) atoms. The fourth-order valence-corrected chi connectivity index (χ4v) is 2.68. The van der Waals surface area contributed by atoms with E-state index in [1.807, 2.05) is 18.2 Å². The van der Waals surface area contributed by atoms with Crippen LogP contribution in [0.5, 0.6) is 0 Å². The van der Waals surface area contributed by atoms with Crippen LogP contribution < -0.4 is 5.32 Å². The van der Waals surface area contributed by atoms with Crippen molar-refractivity contribution in [1.29, 1.82) is 5.26 Å². The highest BCUT2D eigenvalue weighted by molar-refractivity contribution is 5.20. The fourth-order valence-electron chi connectivity index (χ4n) is 2.68. The van der Waals surface area contributed by atoms with E-state index in [2.05, 4.69) is 47.4 Å². The number of likely N-dealkylation sites (N-methyl/N-ethyl adjacent to an activating group) is 2. The lowest BCUT2D eigenvalue weighted by atomic mass is 10.0. The molecule has 2 unspecified atom stereocenters. The van der Waals surface area contributed by atoms with Crippen LogP contribution in [-0.4, -0.2) is 56.1 Å². The molecule has 1 aromatic carbocycles. The Morgan fingerprint density at radius 1 is 1.30 bits per heavy atom. The van der Waals surface area contributed by atoms with Crippen molar-refractivity contribution in [1.82, 2.24) is 15.1 Å². The Morgan fingerprint density at radius 2 is 2.05 bits per heavy atom. The van der Waals surface area contributed by atoms with Gasteiger partial charge in [-0.25, -0.2) is 0 Å². The standard InChI is InChI=1S/C16H24N4/c1-19-10-11-20(2)15(13-19)12-18-16(8-9-17)14-6-4-3-5-7-14/h3-7,15-16,18H,8,10-13H2,1-2H3. The molecule has 4 nitrogen and oxygen atoms in total. The Morgan fingerprint density at radius 3 is 2.75 bits per heavy atom. The quantitative estimate of drug-likeness (QED) is 0.881. The van der Waals surface area contributed by atoms with Gasteiger partial charge in [0.05, 0.1) is 12.5 Å². The molecule has 1 aliphatic rings. The predicted molar refractivity (Wildman–Crippen MR) is 81.3 cm³/mol. The van der Waals surface area contributed by atoms with Gasteiger partial charge in [-0.3, -0.25) is 4.90 Å². The van der Waals surface area contributed by atoms with Gasteiger partial charge in [0.1, 0.15) is 0 Å². The van der Waals surface area contributed by atoms with Crippen molar-refractivity contribution in [3.8, 4) is 6.07 Å². The van der Waals surface area contributed by atoms with Crippen molar-refractivity contribution in [2.24, 2.45) is 0 Å². The summed E-state index contributed by atoms with van der Waals surface area (Å²) in [4.78, 5) is 4.77. The summed E-state index contributed by atoms with van der Waals surface area (Å²) in [5.74, 6) is 0. The number of nitrogens with one attached hydrogen (secondary N) is 1. The molecule has 0 aliphatic carbocycles. The summed E-state index contributed by atoms with van der Waals surface area (Å²) in [5, 5.41) is 12.6. The highest BCUT2D eigenvalue weighted by atomic mass is 15.3. The smallest absolute Gasteiger partial charge is 0.0641 e. The number of benzene rings is 1. The van der Waals surface area contributed by atoms with Gasteiger partial charge < -0.3 is 10.2 Å². The third-order valence-corrected chi connectivity index (χ3v) is 4.08. The van der Waals surface area contributed by atoms with Crippen LogP contribution in [0.1, 0.15) is 18.0 Å². The van der Waals surface area contributed by atoms with Crippen molar-refractivity contribution >= 4 is 0 Å². The molecule has 2 rings (SSSR count). The number of rotatable bonds is 5. The van der Waals surface area contributed by atoms with Crippen LogP contribution in [0.2, 0.25) is 0 Å². The molecule has 4 heteroatoms. The van der Waals surface area contributed by atoms with E-state index in [-0.39, 0.29) is 6.04 Å². The van der Waals surface area contributed by atoms with Crippen molar-refractivity contribution in [3.63, 3.8) is 0 Å². The minimum Gasteiger partial charge on any atom is -0.307 e. The lowest BCUT2D eigenvalue weighted by molar-refractivity contribution is 0.111. The normalized spacial score (nSPS) is 22.4. The zero-order valence-corrected chi connectivity index (χ0v) is 12.4. The molecule has 0 bridgehead atoms. The van der Waals surface area contributed by atoms with Gasteiger partial charge in [-0.2, -0.15) is 5.26 Å². The van der Waals surface area contributed by atoms with Crippen molar-refractivity contribution in [3.05, 3.63) is 35.9 Å². The van der Waals surface area contributed by atoms with Crippen LogP contribution >= 0.6 is 0 Å². The van der Waals surface area contributed by atoms with Crippen LogP contribution in [0.15, 0.2) is 30.3 Å². The van der Waals surface area contributed by atoms with Crippen LogP contribution in [0.4, 0.5) is 0 Å². The molecule has 0 saturated carbocycles. The van der Waals surface area contributed by atoms with E-state index in [0.29, 0.717) is 12.5 Å². The minimum absolute atomic E-state index is 0.127. The average Bonchev–Trinajstić information content (AvgIpc) is 2.47. The molecule has 1 N–H and O–H groups in total. The Kier molecular flexibility index (Phi) is 5.54. The third kappa shape index (κ3) is 4.04. The lowest BCUT2D eigenvalue weighted by Gasteiger charge is -2.38. The predicted octanol–water partition coefficient (Wildman–Crippen LogP) is 1.48. The first-order valence-corrected chi connectivity index (χ1v) is 7.24. The van der Waals surface area contributed by atoms with Gasteiger partial charge in [0.25, 0.3) is 0 Å². The van der Waals surface area contributed by atoms with E-state index >= 15 is 0 Å². The van der Waals surface area contributed by atoms with Gasteiger partial charge in [-0.05, 0) is 19.7 Å². The molecular formula is C16H24N4. The van der Waals surface area contributed by atoms with E-state index in [1.165, 1.54) is 5.56 Å². The molecule has 1 aliphatic heterocycles. The van der Waals surface area contributed by atoms with E-state index in [0.717, 1.165) is 26.2 Å². The van der Waals surface area contributed by atoms with Crippen LogP contribution in [0.3, 0.4) is 0 Å². The highest BCUT2D eigenvalue weighted by Crippen LogP contribution is 2.16. The first-order chi connectivity index (χ1) is 9.70. The number of piperazine rings is 1. The molecule has 0 aromatic heterocycles. The Hall–Kier alpha value is -1.41.